The average Bonchev–Trinajstić information content (AvgIpc) is 2.49. The molecule has 2 rings (SSSR count). The van der Waals surface area contributed by atoms with Crippen molar-refractivity contribution in [1.82, 2.24) is 0 Å². The van der Waals surface area contributed by atoms with E-state index in [2.05, 4.69) is 49.2 Å². The number of hydrogen-bond acceptors (Lipinski definition) is 2. The molecule has 2 heteroatoms. The zero-order valence-corrected chi connectivity index (χ0v) is 11.6. The summed E-state index contributed by atoms with van der Waals surface area (Å²) in [4.78, 5) is 0. The number of nitrogens with zero attached hydrogens (tertiary/aromatic N) is 1. The van der Waals surface area contributed by atoms with E-state index < -0.39 is 0 Å². The van der Waals surface area contributed by atoms with Crippen LogP contribution in [0.3, 0.4) is 0 Å². The van der Waals surface area contributed by atoms with Crippen molar-refractivity contribution in [2.45, 2.75) is 19.4 Å². The summed E-state index contributed by atoms with van der Waals surface area (Å²) in [6.07, 6.45) is 2.74. The van der Waals surface area contributed by atoms with Crippen LogP contribution in [-0.2, 0) is 0 Å². The minimum atomic E-state index is 0.169. The summed E-state index contributed by atoms with van der Waals surface area (Å²) in [7, 11) is 0. The normalized spacial score (nSPS) is 11.4. The molecule has 0 heterocycles. The Labute approximate surface area is 120 Å². The second kappa shape index (κ2) is 6.58. The van der Waals surface area contributed by atoms with Crippen molar-refractivity contribution < 1.29 is 0 Å². The first-order valence-corrected chi connectivity index (χ1v) is 6.67. The maximum Gasteiger partial charge on any atom is 0.0991 e. The van der Waals surface area contributed by atoms with Gasteiger partial charge in [0, 0.05) is 5.69 Å². The Bertz CT molecular complexity index is 603. The topological polar surface area (TPSA) is 35.8 Å². The van der Waals surface area contributed by atoms with E-state index >= 15 is 0 Å². The molecule has 0 saturated carbocycles. The molecule has 100 valence electrons. The van der Waals surface area contributed by atoms with Gasteiger partial charge in [0.2, 0.25) is 0 Å². The van der Waals surface area contributed by atoms with Gasteiger partial charge in [-0.15, -0.1) is 6.58 Å². The van der Waals surface area contributed by atoms with E-state index in [-0.39, 0.29) is 6.04 Å². The number of rotatable bonds is 5. The molecular weight excluding hydrogens is 244 g/mol. The van der Waals surface area contributed by atoms with E-state index in [1.165, 1.54) is 5.56 Å². The molecule has 0 saturated heterocycles. The Morgan fingerprint density at radius 1 is 1.15 bits per heavy atom. The summed E-state index contributed by atoms with van der Waals surface area (Å²) in [6.45, 7) is 5.90. The van der Waals surface area contributed by atoms with Gasteiger partial charge in [0.05, 0.1) is 17.7 Å². The molecule has 1 atom stereocenters. The van der Waals surface area contributed by atoms with Crippen molar-refractivity contribution in [1.29, 1.82) is 5.26 Å². The van der Waals surface area contributed by atoms with Gasteiger partial charge in [-0.1, -0.05) is 35.9 Å². The molecule has 0 radical (unpaired) electrons. The van der Waals surface area contributed by atoms with Crippen LogP contribution in [-0.4, -0.2) is 0 Å². The number of hydrogen-bond donors (Lipinski definition) is 1. The van der Waals surface area contributed by atoms with E-state index in [1.54, 1.807) is 0 Å². The van der Waals surface area contributed by atoms with Crippen molar-refractivity contribution in [2.75, 3.05) is 5.32 Å². The standard InChI is InChI=1S/C18H18N2/c1-3-4-18(16-9-7-15(13-19)8-10-16)20-17-11-5-14(2)6-12-17/h3,5-12,18,20H,1,4H2,2H3. The minimum Gasteiger partial charge on any atom is -0.378 e. The largest absolute Gasteiger partial charge is 0.378 e. The molecule has 0 spiro atoms. The molecule has 2 aromatic rings. The number of nitriles is 1. The monoisotopic (exact) mass is 262 g/mol. The van der Waals surface area contributed by atoms with Gasteiger partial charge in [0.25, 0.3) is 0 Å². The molecule has 0 fully saturated rings. The second-order valence-electron chi connectivity index (χ2n) is 4.82. The van der Waals surface area contributed by atoms with Gasteiger partial charge < -0.3 is 5.32 Å². The molecular formula is C18H18N2. The van der Waals surface area contributed by atoms with Crippen LogP contribution in [0.5, 0.6) is 0 Å². The zero-order chi connectivity index (χ0) is 14.4. The van der Waals surface area contributed by atoms with Gasteiger partial charge in [0.15, 0.2) is 0 Å². The van der Waals surface area contributed by atoms with Gasteiger partial charge >= 0.3 is 0 Å². The lowest BCUT2D eigenvalue weighted by molar-refractivity contribution is 0.799. The van der Waals surface area contributed by atoms with Gasteiger partial charge in [-0.2, -0.15) is 5.26 Å². The fraction of sp³-hybridized carbons (Fsp3) is 0.167. The van der Waals surface area contributed by atoms with Crippen LogP contribution < -0.4 is 5.32 Å². The highest BCUT2D eigenvalue weighted by Crippen LogP contribution is 2.23. The first-order valence-electron chi connectivity index (χ1n) is 6.67. The van der Waals surface area contributed by atoms with Crippen molar-refractivity contribution in [2.24, 2.45) is 0 Å². The lowest BCUT2D eigenvalue weighted by Gasteiger charge is -2.19. The summed E-state index contributed by atoms with van der Waals surface area (Å²) in [5.74, 6) is 0. The van der Waals surface area contributed by atoms with Crippen LogP contribution in [0.2, 0.25) is 0 Å². The highest BCUT2D eigenvalue weighted by Gasteiger charge is 2.09. The number of benzene rings is 2. The third kappa shape index (κ3) is 3.49. The Hall–Kier alpha value is -2.53. The Morgan fingerprint density at radius 2 is 1.80 bits per heavy atom. The molecule has 0 amide bonds. The maximum absolute atomic E-state index is 8.85. The minimum absolute atomic E-state index is 0.169. The molecule has 1 N–H and O–H groups in total. The van der Waals surface area contributed by atoms with Crippen LogP contribution in [0.15, 0.2) is 61.2 Å². The van der Waals surface area contributed by atoms with E-state index in [0.29, 0.717) is 5.56 Å². The Morgan fingerprint density at radius 3 is 2.35 bits per heavy atom. The van der Waals surface area contributed by atoms with E-state index in [1.807, 2.05) is 30.3 Å². The molecule has 1 unspecified atom stereocenters. The SMILES string of the molecule is C=CCC(Nc1ccc(C)cc1)c1ccc(C#N)cc1. The summed E-state index contributed by atoms with van der Waals surface area (Å²) in [5.41, 5.74) is 4.17. The molecule has 0 aromatic heterocycles. The lowest BCUT2D eigenvalue weighted by atomic mass is 10.0. The fourth-order valence-corrected chi connectivity index (χ4v) is 2.09. The summed E-state index contributed by atoms with van der Waals surface area (Å²) in [5, 5.41) is 12.4. The van der Waals surface area contributed by atoms with Gasteiger partial charge in [-0.25, -0.2) is 0 Å². The number of aryl methyl sites for hydroxylation is 1. The first kappa shape index (κ1) is 13.9. The molecule has 0 aliphatic rings. The summed E-state index contributed by atoms with van der Waals surface area (Å²) >= 11 is 0. The van der Waals surface area contributed by atoms with Gasteiger partial charge in [-0.3, -0.25) is 0 Å². The number of nitrogens with one attached hydrogen (secondary N) is 1. The zero-order valence-electron chi connectivity index (χ0n) is 11.6. The Kier molecular flexibility index (Phi) is 4.57. The van der Waals surface area contributed by atoms with Gasteiger partial charge in [0.1, 0.15) is 0 Å². The van der Waals surface area contributed by atoms with Crippen LogP contribution in [0.4, 0.5) is 5.69 Å². The van der Waals surface area contributed by atoms with E-state index in [0.717, 1.165) is 17.7 Å². The molecule has 2 nitrogen and oxygen atoms in total. The molecule has 0 aliphatic heterocycles. The molecule has 2 aromatic carbocycles. The quantitative estimate of drug-likeness (QED) is 0.799. The molecule has 0 bridgehead atoms. The van der Waals surface area contributed by atoms with Gasteiger partial charge in [-0.05, 0) is 43.2 Å². The summed E-state index contributed by atoms with van der Waals surface area (Å²) in [6, 6.07) is 18.3. The summed E-state index contributed by atoms with van der Waals surface area (Å²) < 4.78 is 0. The fourth-order valence-electron chi connectivity index (χ4n) is 2.09. The van der Waals surface area contributed by atoms with Crippen molar-refractivity contribution in [3.63, 3.8) is 0 Å². The highest BCUT2D eigenvalue weighted by molar-refractivity contribution is 5.47. The first-order chi connectivity index (χ1) is 9.72. The predicted molar refractivity (Wildman–Crippen MR) is 83.5 cm³/mol. The maximum atomic E-state index is 8.85. The van der Waals surface area contributed by atoms with Crippen LogP contribution in [0, 0.1) is 18.3 Å². The molecule has 20 heavy (non-hydrogen) atoms. The third-order valence-corrected chi connectivity index (χ3v) is 3.24. The smallest absolute Gasteiger partial charge is 0.0991 e. The third-order valence-electron chi connectivity index (χ3n) is 3.24. The van der Waals surface area contributed by atoms with E-state index in [9.17, 15) is 0 Å². The number of anilines is 1. The van der Waals surface area contributed by atoms with Crippen molar-refractivity contribution in [3.8, 4) is 6.07 Å². The average molecular weight is 262 g/mol. The second-order valence-corrected chi connectivity index (χ2v) is 4.82. The van der Waals surface area contributed by atoms with Crippen LogP contribution >= 0.6 is 0 Å². The lowest BCUT2D eigenvalue weighted by Crippen LogP contribution is -2.09. The van der Waals surface area contributed by atoms with Crippen LogP contribution in [0.1, 0.15) is 29.2 Å². The van der Waals surface area contributed by atoms with E-state index in [4.69, 9.17) is 5.26 Å². The Balaban J connectivity index is 2.19. The van der Waals surface area contributed by atoms with Crippen molar-refractivity contribution in [3.05, 3.63) is 77.9 Å². The highest BCUT2D eigenvalue weighted by atomic mass is 14.9. The van der Waals surface area contributed by atoms with Crippen LogP contribution in [0.25, 0.3) is 0 Å². The molecule has 0 aliphatic carbocycles. The van der Waals surface area contributed by atoms with Crippen molar-refractivity contribution >= 4 is 5.69 Å². The predicted octanol–water partition coefficient (Wildman–Crippen LogP) is 4.60.